The molecule has 1 amide bonds. The molecule has 2 aromatic heterocycles. The number of thiazole rings is 1. The number of aromatic nitrogens is 2. The highest BCUT2D eigenvalue weighted by Crippen LogP contribution is 2.36. The predicted molar refractivity (Wildman–Crippen MR) is 116 cm³/mol. The minimum absolute atomic E-state index is 0.0586. The van der Waals surface area contributed by atoms with Crippen LogP contribution in [0.3, 0.4) is 0 Å². The summed E-state index contributed by atoms with van der Waals surface area (Å²) in [4.78, 5) is 18.4. The summed E-state index contributed by atoms with van der Waals surface area (Å²) in [5.74, 6) is 0.323. The van der Waals surface area contributed by atoms with Crippen molar-refractivity contribution in [2.45, 2.75) is 13.1 Å². The van der Waals surface area contributed by atoms with Gasteiger partial charge in [-0.3, -0.25) is 9.20 Å². The Labute approximate surface area is 185 Å². The molecule has 2 heterocycles. The lowest BCUT2D eigenvalue weighted by Crippen LogP contribution is -2.14. The zero-order valence-corrected chi connectivity index (χ0v) is 18.1. The van der Waals surface area contributed by atoms with Crippen LogP contribution in [0.1, 0.15) is 20.9 Å². The van der Waals surface area contributed by atoms with Crippen molar-refractivity contribution in [3.05, 3.63) is 64.8 Å². The summed E-state index contributed by atoms with van der Waals surface area (Å²) in [6, 6.07) is 10.4. The fraction of sp³-hybridized carbons (Fsp3) is 0.182. The molecule has 0 saturated carbocycles. The summed E-state index contributed by atoms with van der Waals surface area (Å²) < 4.78 is 51.3. The fourth-order valence-corrected chi connectivity index (χ4v) is 4.23. The molecule has 0 atom stereocenters. The number of anilines is 1. The number of hydrogen-bond donors (Lipinski definition) is 1. The normalized spacial score (nSPS) is 11.6. The van der Waals surface area contributed by atoms with Crippen LogP contribution in [0.5, 0.6) is 11.5 Å². The van der Waals surface area contributed by atoms with E-state index in [-0.39, 0.29) is 11.4 Å². The monoisotopic (exact) mass is 461 g/mol. The molecule has 0 aliphatic heterocycles. The molecule has 10 heteroatoms. The molecule has 2 aromatic carbocycles. The number of halogens is 3. The van der Waals surface area contributed by atoms with Crippen molar-refractivity contribution in [2.24, 2.45) is 0 Å². The number of fused-ring (bicyclic) bond motifs is 1. The highest BCUT2D eigenvalue weighted by molar-refractivity contribution is 7.19. The lowest BCUT2D eigenvalue weighted by atomic mass is 10.1. The van der Waals surface area contributed by atoms with E-state index in [1.165, 1.54) is 13.2 Å². The Morgan fingerprint density at radius 3 is 2.41 bits per heavy atom. The third kappa shape index (κ3) is 4.01. The SMILES string of the molecule is COc1ccc(-c2cn3c(C)c(C(=O)Nc4cc(C(F)(F)F)ccc4OC)sc3n2)cc1. The van der Waals surface area contributed by atoms with Crippen LogP contribution in [-0.2, 0) is 6.18 Å². The van der Waals surface area contributed by atoms with Gasteiger partial charge in [0, 0.05) is 17.5 Å². The number of methoxy groups -OCH3 is 2. The van der Waals surface area contributed by atoms with Crippen molar-refractivity contribution < 1.29 is 27.4 Å². The molecule has 0 spiro atoms. The Hall–Kier alpha value is -3.53. The number of nitrogens with zero attached hydrogens (tertiary/aromatic N) is 2. The lowest BCUT2D eigenvalue weighted by molar-refractivity contribution is -0.137. The number of imidazole rings is 1. The standard InChI is InChI=1S/C22H18F3N3O3S/c1-12-19(20(29)26-16-10-14(22(23,24)25)6-9-18(16)31-3)32-21-27-17(11-28(12)21)13-4-7-15(30-2)8-5-13/h4-11H,1-3H3,(H,26,29). The Morgan fingerprint density at radius 1 is 1.09 bits per heavy atom. The van der Waals surface area contributed by atoms with Crippen molar-refractivity contribution in [1.29, 1.82) is 0 Å². The van der Waals surface area contributed by atoms with Gasteiger partial charge >= 0.3 is 6.18 Å². The predicted octanol–water partition coefficient (Wildman–Crippen LogP) is 5.66. The van der Waals surface area contributed by atoms with E-state index in [1.807, 2.05) is 30.5 Å². The van der Waals surface area contributed by atoms with E-state index < -0.39 is 17.6 Å². The van der Waals surface area contributed by atoms with E-state index in [0.29, 0.717) is 15.5 Å². The molecule has 4 rings (SSSR count). The number of amides is 1. The average molecular weight is 461 g/mol. The third-order valence-corrected chi connectivity index (χ3v) is 6.08. The molecule has 0 radical (unpaired) electrons. The van der Waals surface area contributed by atoms with E-state index in [2.05, 4.69) is 10.3 Å². The van der Waals surface area contributed by atoms with E-state index in [4.69, 9.17) is 9.47 Å². The Balaban J connectivity index is 1.63. The maximum absolute atomic E-state index is 13.1. The van der Waals surface area contributed by atoms with Crippen LogP contribution in [0.15, 0.2) is 48.7 Å². The molecule has 0 aliphatic carbocycles. The van der Waals surface area contributed by atoms with Crippen molar-refractivity contribution in [2.75, 3.05) is 19.5 Å². The second kappa shape index (κ2) is 8.19. The molecule has 0 unspecified atom stereocenters. The molecule has 32 heavy (non-hydrogen) atoms. The number of carbonyl (C=O) groups excluding carboxylic acids is 1. The highest BCUT2D eigenvalue weighted by atomic mass is 32.1. The second-order valence-electron chi connectivity index (χ2n) is 6.89. The van der Waals surface area contributed by atoms with Gasteiger partial charge in [0.25, 0.3) is 5.91 Å². The van der Waals surface area contributed by atoms with Crippen molar-refractivity contribution in [3.8, 4) is 22.8 Å². The average Bonchev–Trinajstić information content (AvgIpc) is 3.32. The maximum Gasteiger partial charge on any atom is 0.416 e. The van der Waals surface area contributed by atoms with Crippen LogP contribution in [0.4, 0.5) is 18.9 Å². The summed E-state index contributed by atoms with van der Waals surface area (Å²) in [6.45, 7) is 1.75. The van der Waals surface area contributed by atoms with Crippen LogP contribution in [0, 0.1) is 6.92 Å². The fourth-order valence-electron chi connectivity index (χ4n) is 3.22. The van der Waals surface area contributed by atoms with Crippen molar-refractivity contribution in [3.63, 3.8) is 0 Å². The smallest absolute Gasteiger partial charge is 0.416 e. The Kier molecular flexibility index (Phi) is 5.55. The molecular weight excluding hydrogens is 443 g/mol. The molecule has 166 valence electrons. The summed E-state index contributed by atoms with van der Waals surface area (Å²) in [7, 11) is 2.91. The third-order valence-electron chi connectivity index (χ3n) is 4.92. The summed E-state index contributed by atoms with van der Waals surface area (Å²) in [5.41, 5.74) is 1.31. The van der Waals surface area contributed by atoms with Crippen LogP contribution in [0.25, 0.3) is 16.2 Å². The molecule has 0 bridgehead atoms. The van der Waals surface area contributed by atoms with Crippen LogP contribution >= 0.6 is 11.3 Å². The molecular formula is C22H18F3N3O3S. The minimum atomic E-state index is -4.54. The first-order chi connectivity index (χ1) is 15.2. The van der Waals surface area contributed by atoms with E-state index in [9.17, 15) is 18.0 Å². The van der Waals surface area contributed by atoms with E-state index >= 15 is 0 Å². The molecule has 0 saturated heterocycles. The van der Waals surface area contributed by atoms with E-state index in [1.54, 1.807) is 18.4 Å². The van der Waals surface area contributed by atoms with Gasteiger partial charge in [-0.1, -0.05) is 11.3 Å². The van der Waals surface area contributed by atoms with Gasteiger partial charge in [-0.05, 0) is 49.4 Å². The van der Waals surface area contributed by atoms with Gasteiger partial charge < -0.3 is 14.8 Å². The zero-order chi connectivity index (χ0) is 23.0. The molecule has 1 N–H and O–H groups in total. The molecule has 0 aliphatic rings. The second-order valence-corrected chi connectivity index (χ2v) is 7.87. The molecule has 4 aromatic rings. The van der Waals surface area contributed by atoms with Gasteiger partial charge in [-0.15, -0.1) is 0 Å². The summed E-state index contributed by atoms with van der Waals surface area (Å²) in [6.07, 6.45) is -2.73. The molecule has 6 nitrogen and oxygen atoms in total. The first kappa shape index (κ1) is 21.7. The van der Waals surface area contributed by atoms with Gasteiger partial charge in [0.15, 0.2) is 4.96 Å². The van der Waals surface area contributed by atoms with Gasteiger partial charge in [0.05, 0.1) is 31.2 Å². The number of hydrogen-bond acceptors (Lipinski definition) is 5. The number of benzene rings is 2. The van der Waals surface area contributed by atoms with Gasteiger partial charge in [-0.25, -0.2) is 4.98 Å². The van der Waals surface area contributed by atoms with Crippen molar-refractivity contribution in [1.82, 2.24) is 9.38 Å². The Bertz CT molecular complexity index is 1290. The lowest BCUT2D eigenvalue weighted by Gasteiger charge is -2.13. The minimum Gasteiger partial charge on any atom is -0.497 e. The first-order valence-electron chi connectivity index (χ1n) is 9.40. The van der Waals surface area contributed by atoms with Gasteiger partial charge in [0.1, 0.15) is 16.4 Å². The Morgan fingerprint density at radius 2 is 1.81 bits per heavy atom. The largest absolute Gasteiger partial charge is 0.497 e. The number of rotatable bonds is 5. The van der Waals surface area contributed by atoms with Crippen LogP contribution < -0.4 is 14.8 Å². The van der Waals surface area contributed by atoms with Crippen LogP contribution in [0.2, 0.25) is 0 Å². The summed E-state index contributed by atoms with van der Waals surface area (Å²) >= 11 is 1.15. The van der Waals surface area contributed by atoms with E-state index in [0.717, 1.165) is 40.5 Å². The quantitative estimate of drug-likeness (QED) is 0.417. The number of carbonyl (C=O) groups is 1. The van der Waals surface area contributed by atoms with Gasteiger partial charge in [0.2, 0.25) is 0 Å². The first-order valence-corrected chi connectivity index (χ1v) is 10.2. The highest BCUT2D eigenvalue weighted by Gasteiger charge is 2.31. The zero-order valence-electron chi connectivity index (χ0n) is 17.3. The molecule has 0 fully saturated rings. The number of ether oxygens (including phenoxy) is 2. The number of alkyl halides is 3. The number of aryl methyl sites for hydroxylation is 1. The summed E-state index contributed by atoms with van der Waals surface area (Å²) in [5, 5.41) is 2.53. The topological polar surface area (TPSA) is 64.9 Å². The van der Waals surface area contributed by atoms with Crippen LogP contribution in [-0.4, -0.2) is 29.5 Å². The number of nitrogens with one attached hydrogen (secondary N) is 1. The maximum atomic E-state index is 13.1. The van der Waals surface area contributed by atoms with Gasteiger partial charge in [-0.2, -0.15) is 13.2 Å². The van der Waals surface area contributed by atoms with Crippen molar-refractivity contribution >= 4 is 27.9 Å².